The minimum Gasteiger partial charge on any atom is -0.508 e. The molecule has 1 N–H and O–H groups in total. The number of aryl methyl sites for hydroxylation is 1. The molecule has 0 spiro atoms. The maximum absolute atomic E-state index is 12.4. The SMILES string of the molecule is Cc1cc(-c2nnc3n2N=C(c2cc4ccc(O)cc4oc2=O)CS3)no1. The van der Waals surface area contributed by atoms with Crippen molar-refractivity contribution >= 4 is 28.4 Å². The number of rotatable bonds is 2. The highest BCUT2D eigenvalue weighted by Crippen LogP contribution is 2.28. The van der Waals surface area contributed by atoms with Crippen molar-refractivity contribution in [3.05, 3.63) is 52.1 Å². The van der Waals surface area contributed by atoms with Gasteiger partial charge in [-0.25, -0.2) is 4.79 Å². The first kappa shape index (κ1) is 15.8. The minimum absolute atomic E-state index is 0.0330. The highest BCUT2D eigenvalue weighted by molar-refractivity contribution is 7.99. The summed E-state index contributed by atoms with van der Waals surface area (Å²) in [6, 6.07) is 8.06. The Bertz CT molecular complexity index is 1290. The molecule has 0 atom stereocenters. The van der Waals surface area contributed by atoms with Gasteiger partial charge in [0, 0.05) is 23.3 Å². The fourth-order valence-electron chi connectivity index (χ4n) is 2.79. The zero-order valence-corrected chi connectivity index (χ0v) is 14.7. The summed E-state index contributed by atoms with van der Waals surface area (Å²) in [5, 5.41) is 27.6. The zero-order chi connectivity index (χ0) is 18.5. The van der Waals surface area contributed by atoms with Crippen LogP contribution < -0.4 is 5.63 Å². The fourth-order valence-corrected chi connectivity index (χ4v) is 3.62. The Balaban J connectivity index is 1.65. The van der Waals surface area contributed by atoms with E-state index in [0.717, 1.165) is 0 Å². The van der Waals surface area contributed by atoms with Gasteiger partial charge in [-0.3, -0.25) is 0 Å². The Morgan fingerprint density at radius 1 is 1.22 bits per heavy atom. The highest BCUT2D eigenvalue weighted by Gasteiger charge is 2.24. The predicted molar refractivity (Wildman–Crippen MR) is 97.1 cm³/mol. The lowest BCUT2D eigenvalue weighted by Crippen LogP contribution is -2.21. The molecule has 0 unspecified atom stereocenters. The largest absolute Gasteiger partial charge is 0.508 e. The van der Waals surface area contributed by atoms with Crippen LogP contribution in [0.3, 0.4) is 0 Å². The van der Waals surface area contributed by atoms with Crippen LogP contribution in [-0.4, -0.2) is 36.6 Å². The molecule has 134 valence electrons. The van der Waals surface area contributed by atoms with Crippen molar-refractivity contribution in [1.29, 1.82) is 0 Å². The van der Waals surface area contributed by atoms with Crippen molar-refractivity contribution in [3.63, 3.8) is 0 Å². The Morgan fingerprint density at radius 2 is 2.11 bits per heavy atom. The molecule has 0 radical (unpaired) electrons. The molecule has 1 aromatic carbocycles. The summed E-state index contributed by atoms with van der Waals surface area (Å²) in [4.78, 5) is 12.4. The molecule has 4 heterocycles. The summed E-state index contributed by atoms with van der Waals surface area (Å²) in [6.07, 6.45) is 0. The lowest BCUT2D eigenvalue weighted by Gasteiger charge is -2.12. The normalized spacial score (nSPS) is 13.6. The molecule has 1 aliphatic heterocycles. The number of phenols is 1. The van der Waals surface area contributed by atoms with Gasteiger partial charge in [-0.15, -0.1) is 10.2 Å². The van der Waals surface area contributed by atoms with Gasteiger partial charge in [-0.05, 0) is 25.1 Å². The van der Waals surface area contributed by atoms with Gasteiger partial charge >= 0.3 is 5.63 Å². The summed E-state index contributed by atoms with van der Waals surface area (Å²) < 4.78 is 12.0. The molecule has 0 bridgehead atoms. The Labute approximate surface area is 155 Å². The van der Waals surface area contributed by atoms with E-state index < -0.39 is 5.63 Å². The van der Waals surface area contributed by atoms with Crippen LogP contribution in [0.5, 0.6) is 5.75 Å². The third kappa shape index (κ3) is 2.61. The van der Waals surface area contributed by atoms with Gasteiger partial charge in [0.1, 0.15) is 17.1 Å². The Morgan fingerprint density at radius 3 is 2.93 bits per heavy atom. The topological polar surface area (TPSA) is 120 Å². The second-order valence-corrected chi connectivity index (χ2v) is 6.89. The third-order valence-electron chi connectivity index (χ3n) is 4.06. The second-order valence-electron chi connectivity index (χ2n) is 5.95. The summed E-state index contributed by atoms with van der Waals surface area (Å²) in [5.41, 5.74) is 1.19. The van der Waals surface area contributed by atoms with E-state index in [2.05, 4.69) is 20.5 Å². The Hall–Kier alpha value is -3.40. The summed E-state index contributed by atoms with van der Waals surface area (Å²) >= 11 is 1.41. The van der Waals surface area contributed by atoms with Crippen LogP contribution in [0.25, 0.3) is 22.5 Å². The molecule has 27 heavy (non-hydrogen) atoms. The van der Waals surface area contributed by atoms with Crippen LogP contribution in [0.4, 0.5) is 0 Å². The second kappa shape index (κ2) is 5.81. The average molecular weight is 381 g/mol. The molecular formula is C17H11N5O4S. The third-order valence-corrected chi connectivity index (χ3v) is 4.99. The van der Waals surface area contributed by atoms with E-state index in [4.69, 9.17) is 8.94 Å². The summed E-state index contributed by atoms with van der Waals surface area (Å²) in [6.45, 7) is 1.78. The Kier molecular flexibility index (Phi) is 3.41. The van der Waals surface area contributed by atoms with E-state index in [1.165, 1.54) is 23.9 Å². The first-order valence-corrected chi connectivity index (χ1v) is 8.94. The van der Waals surface area contributed by atoms with Gasteiger partial charge in [0.2, 0.25) is 11.0 Å². The van der Waals surface area contributed by atoms with Crippen molar-refractivity contribution in [2.24, 2.45) is 5.10 Å². The first-order chi connectivity index (χ1) is 13.1. The molecule has 3 aromatic heterocycles. The molecular weight excluding hydrogens is 370 g/mol. The molecule has 0 amide bonds. The monoisotopic (exact) mass is 381 g/mol. The van der Waals surface area contributed by atoms with Gasteiger partial charge in [0.15, 0.2) is 5.69 Å². The van der Waals surface area contributed by atoms with Crippen LogP contribution in [0.15, 0.2) is 54.3 Å². The van der Waals surface area contributed by atoms with E-state index in [1.807, 2.05) is 0 Å². The molecule has 1 aliphatic rings. The van der Waals surface area contributed by atoms with E-state index >= 15 is 0 Å². The van der Waals surface area contributed by atoms with Gasteiger partial charge in [0.25, 0.3) is 0 Å². The molecule has 9 nitrogen and oxygen atoms in total. The molecule has 4 aromatic rings. The number of nitrogens with zero attached hydrogens (tertiary/aromatic N) is 5. The number of benzene rings is 1. The highest BCUT2D eigenvalue weighted by atomic mass is 32.2. The van der Waals surface area contributed by atoms with Gasteiger partial charge in [-0.1, -0.05) is 16.9 Å². The molecule has 10 heteroatoms. The predicted octanol–water partition coefficient (Wildman–Crippen LogP) is 2.41. The number of phenolic OH excluding ortho intramolecular Hbond substituents is 1. The van der Waals surface area contributed by atoms with Crippen LogP contribution in [0.2, 0.25) is 0 Å². The van der Waals surface area contributed by atoms with Gasteiger partial charge in [-0.2, -0.15) is 9.78 Å². The van der Waals surface area contributed by atoms with Gasteiger partial charge < -0.3 is 14.0 Å². The molecule has 0 saturated heterocycles. The fraction of sp³-hybridized carbons (Fsp3) is 0.118. The van der Waals surface area contributed by atoms with Crippen LogP contribution in [-0.2, 0) is 0 Å². The smallest absolute Gasteiger partial charge is 0.345 e. The quantitative estimate of drug-likeness (QED) is 0.526. The van der Waals surface area contributed by atoms with E-state index in [0.29, 0.717) is 50.4 Å². The number of aromatic nitrogens is 4. The number of hydrogen-bond donors (Lipinski definition) is 1. The molecule has 0 fully saturated rings. The first-order valence-electron chi connectivity index (χ1n) is 7.95. The number of hydrogen-bond acceptors (Lipinski definition) is 9. The van der Waals surface area contributed by atoms with Crippen molar-refractivity contribution < 1.29 is 14.0 Å². The summed E-state index contributed by atoms with van der Waals surface area (Å²) in [5.74, 6) is 1.56. The zero-order valence-electron chi connectivity index (χ0n) is 13.9. The average Bonchev–Trinajstić information content (AvgIpc) is 3.26. The van der Waals surface area contributed by atoms with Crippen LogP contribution >= 0.6 is 11.8 Å². The maximum atomic E-state index is 12.4. The van der Waals surface area contributed by atoms with E-state index in [9.17, 15) is 9.90 Å². The molecule has 5 rings (SSSR count). The maximum Gasteiger partial charge on any atom is 0.345 e. The van der Waals surface area contributed by atoms with Crippen molar-refractivity contribution in [3.8, 4) is 17.3 Å². The number of aromatic hydroxyl groups is 1. The number of fused-ring (bicyclic) bond motifs is 2. The van der Waals surface area contributed by atoms with Crippen LogP contribution in [0.1, 0.15) is 11.3 Å². The number of thioether (sulfide) groups is 1. The van der Waals surface area contributed by atoms with Gasteiger partial charge in [0.05, 0.1) is 11.3 Å². The van der Waals surface area contributed by atoms with Crippen LogP contribution in [0, 0.1) is 6.92 Å². The van der Waals surface area contributed by atoms with Crippen molar-refractivity contribution in [2.75, 3.05) is 5.75 Å². The standard InChI is InChI=1S/C17H11N5O4S/c1-8-4-12(21-26-8)15-18-19-17-22(15)20-13(7-27-17)11-5-9-2-3-10(23)6-14(9)25-16(11)24/h2-6,23H,7H2,1H3. The summed E-state index contributed by atoms with van der Waals surface area (Å²) in [7, 11) is 0. The van der Waals surface area contributed by atoms with E-state index in [1.54, 1.807) is 29.8 Å². The van der Waals surface area contributed by atoms with E-state index in [-0.39, 0.29) is 5.75 Å². The lowest BCUT2D eigenvalue weighted by atomic mass is 10.1. The van der Waals surface area contributed by atoms with Crippen molar-refractivity contribution in [2.45, 2.75) is 12.1 Å². The lowest BCUT2D eigenvalue weighted by molar-refractivity contribution is 0.399. The minimum atomic E-state index is -0.525. The van der Waals surface area contributed by atoms with Crippen molar-refractivity contribution in [1.82, 2.24) is 20.0 Å². The molecule has 0 aliphatic carbocycles. The molecule has 0 saturated carbocycles.